The van der Waals surface area contributed by atoms with Crippen LogP contribution in [-0.2, 0) is 4.79 Å². The molecule has 0 fully saturated rings. The van der Waals surface area contributed by atoms with Crippen molar-refractivity contribution in [2.45, 2.75) is 90.4 Å². The van der Waals surface area contributed by atoms with Crippen molar-refractivity contribution >= 4 is 11.8 Å². The minimum atomic E-state index is -0.977. The molecule has 0 saturated carbocycles. The van der Waals surface area contributed by atoms with Gasteiger partial charge in [-0.25, -0.2) is 0 Å². The van der Waals surface area contributed by atoms with Gasteiger partial charge in [0.2, 0.25) is 0 Å². The molecule has 0 saturated heterocycles. The van der Waals surface area contributed by atoms with Gasteiger partial charge in [0.1, 0.15) is 11.8 Å². The minimum Gasteiger partial charge on any atom is -0.481 e. The van der Waals surface area contributed by atoms with Crippen molar-refractivity contribution in [2.75, 3.05) is 0 Å². The largest absolute Gasteiger partial charge is 0.481 e. The smallest absolute Gasteiger partial charge is 0.314 e. The van der Waals surface area contributed by atoms with Crippen LogP contribution in [0.25, 0.3) is 0 Å². The fourth-order valence-electron chi connectivity index (χ4n) is 2.65. The van der Waals surface area contributed by atoms with Gasteiger partial charge in [-0.3, -0.25) is 10.2 Å². The molecule has 1 unspecified atom stereocenters. The van der Waals surface area contributed by atoms with E-state index in [9.17, 15) is 4.79 Å². The fourth-order valence-corrected chi connectivity index (χ4v) is 2.65. The zero-order chi connectivity index (χ0) is 17.3. The Hall–Kier alpha value is -1.32. The maximum atomic E-state index is 10.9. The van der Waals surface area contributed by atoms with E-state index in [1.807, 2.05) is 0 Å². The van der Waals surface area contributed by atoms with Crippen molar-refractivity contribution in [3.8, 4) is 0 Å². The molecule has 0 spiro atoms. The van der Waals surface area contributed by atoms with E-state index in [2.05, 4.69) is 19.1 Å². The average molecular weight is 325 g/mol. The summed E-state index contributed by atoms with van der Waals surface area (Å²) < 4.78 is 0. The number of carbonyl (C=O) groups is 1. The highest BCUT2D eigenvalue weighted by molar-refractivity contribution is 5.97. The van der Waals surface area contributed by atoms with Crippen LogP contribution in [-0.4, -0.2) is 16.9 Å². The van der Waals surface area contributed by atoms with Crippen LogP contribution < -0.4 is 5.73 Å². The molecule has 4 heteroatoms. The first kappa shape index (κ1) is 21.7. The highest BCUT2D eigenvalue weighted by Crippen LogP contribution is 2.13. The summed E-state index contributed by atoms with van der Waals surface area (Å²) in [6.07, 6.45) is 19.6. The first-order valence-electron chi connectivity index (χ1n) is 9.31. The zero-order valence-corrected chi connectivity index (χ0v) is 14.9. The summed E-state index contributed by atoms with van der Waals surface area (Å²) in [6.45, 7) is 2.25. The molecule has 134 valence electrons. The second kappa shape index (κ2) is 15.6. The topological polar surface area (TPSA) is 87.2 Å². The van der Waals surface area contributed by atoms with Crippen molar-refractivity contribution in [2.24, 2.45) is 11.7 Å². The molecule has 4 N–H and O–H groups in total. The number of carboxylic acid groups (broad SMARTS) is 1. The van der Waals surface area contributed by atoms with E-state index in [1.165, 1.54) is 44.9 Å². The Morgan fingerprint density at radius 2 is 1.43 bits per heavy atom. The standard InChI is InChI=1S/C19H36N2O2/c1-2-3-4-5-6-7-8-9-10-11-12-13-14-15-16-17(18(20)21)19(22)23/h9-10,17H,2-8,11-16H2,1H3,(H3,20,21)(H,22,23)/b10-9-. The number of rotatable bonds is 16. The van der Waals surface area contributed by atoms with Gasteiger partial charge in [-0.2, -0.15) is 0 Å². The first-order chi connectivity index (χ1) is 11.1. The van der Waals surface area contributed by atoms with Crippen molar-refractivity contribution in [1.82, 2.24) is 0 Å². The van der Waals surface area contributed by atoms with E-state index in [-0.39, 0.29) is 5.84 Å². The van der Waals surface area contributed by atoms with E-state index in [0.29, 0.717) is 6.42 Å². The minimum absolute atomic E-state index is 0.227. The Morgan fingerprint density at radius 1 is 0.957 bits per heavy atom. The van der Waals surface area contributed by atoms with Crippen molar-refractivity contribution in [3.05, 3.63) is 12.2 Å². The molecule has 0 aliphatic heterocycles. The number of hydrogen-bond acceptors (Lipinski definition) is 2. The summed E-state index contributed by atoms with van der Waals surface area (Å²) in [5.74, 6) is -2.00. The fraction of sp³-hybridized carbons (Fsp3) is 0.789. The molecule has 0 bridgehead atoms. The van der Waals surface area contributed by atoms with Crippen LogP contribution in [0.2, 0.25) is 0 Å². The highest BCUT2D eigenvalue weighted by Gasteiger charge is 2.19. The van der Waals surface area contributed by atoms with Crippen LogP contribution in [0.4, 0.5) is 0 Å². The van der Waals surface area contributed by atoms with Gasteiger partial charge in [0.05, 0.1) is 0 Å². The van der Waals surface area contributed by atoms with Crippen LogP contribution in [0.5, 0.6) is 0 Å². The Labute approximate surface area is 142 Å². The van der Waals surface area contributed by atoms with E-state index in [4.69, 9.17) is 16.2 Å². The molecule has 0 amide bonds. The number of carboxylic acids is 1. The summed E-state index contributed by atoms with van der Waals surface area (Å²) in [4.78, 5) is 10.9. The third kappa shape index (κ3) is 14.0. The van der Waals surface area contributed by atoms with Gasteiger partial charge < -0.3 is 10.8 Å². The SMILES string of the molecule is CCCCCCCC/C=C\CCCCCCC(C(=N)N)C(=O)O. The summed E-state index contributed by atoms with van der Waals surface area (Å²) >= 11 is 0. The molecule has 0 aliphatic rings. The Balaban J connectivity index is 3.37. The number of amidine groups is 1. The van der Waals surface area contributed by atoms with Crippen LogP contribution >= 0.6 is 0 Å². The molecule has 0 aromatic heterocycles. The monoisotopic (exact) mass is 324 g/mol. The number of hydrogen-bond donors (Lipinski definition) is 3. The van der Waals surface area contributed by atoms with Gasteiger partial charge in [-0.15, -0.1) is 0 Å². The van der Waals surface area contributed by atoms with Gasteiger partial charge >= 0.3 is 5.97 Å². The van der Waals surface area contributed by atoms with Gasteiger partial charge in [-0.05, 0) is 32.1 Å². The van der Waals surface area contributed by atoms with Gasteiger partial charge in [0.25, 0.3) is 0 Å². The molecule has 0 heterocycles. The molecular formula is C19H36N2O2. The van der Waals surface area contributed by atoms with Crippen LogP contribution in [0.1, 0.15) is 90.4 Å². The normalized spacial score (nSPS) is 12.6. The molecule has 0 aromatic rings. The quantitative estimate of drug-likeness (QED) is 0.156. The van der Waals surface area contributed by atoms with E-state index in [1.54, 1.807) is 0 Å². The molecule has 4 nitrogen and oxygen atoms in total. The molecule has 0 rings (SSSR count). The average Bonchev–Trinajstić information content (AvgIpc) is 2.50. The molecule has 23 heavy (non-hydrogen) atoms. The van der Waals surface area contributed by atoms with Crippen LogP contribution in [0, 0.1) is 11.3 Å². The lowest BCUT2D eigenvalue weighted by molar-refractivity contribution is -0.139. The molecular weight excluding hydrogens is 288 g/mol. The highest BCUT2D eigenvalue weighted by atomic mass is 16.4. The second-order valence-corrected chi connectivity index (χ2v) is 6.37. The van der Waals surface area contributed by atoms with Gasteiger partial charge in [0.15, 0.2) is 0 Å². The van der Waals surface area contributed by atoms with Gasteiger partial charge in [-0.1, -0.05) is 70.4 Å². The Bertz CT molecular complexity index is 326. The molecule has 1 atom stereocenters. The number of nitrogens with two attached hydrogens (primary N) is 1. The molecule has 0 aliphatic carbocycles. The van der Waals surface area contributed by atoms with E-state index < -0.39 is 11.9 Å². The lowest BCUT2D eigenvalue weighted by atomic mass is 9.99. The third-order valence-corrected chi connectivity index (χ3v) is 4.18. The molecule has 0 radical (unpaired) electrons. The van der Waals surface area contributed by atoms with Crippen molar-refractivity contribution in [3.63, 3.8) is 0 Å². The summed E-state index contributed by atoms with van der Waals surface area (Å²) in [5.41, 5.74) is 5.29. The third-order valence-electron chi connectivity index (χ3n) is 4.18. The number of allylic oxidation sites excluding steroid dienone is 2. The predicted molar refractivity (Wildman–Crippen MR) is 97.9 cm³/mol. The van der Waals surface area contributed by atoms with Crippen LogP contribution in [0.15, 0.2) is 12.2 Å². The van der Waals surface area contributed by atoms with E-state index in [0.717, 1.165) is 32.1 Å². The predicted octanol–water partition coefficient (Wildman–Crippen LogP) is 5.27. The number of unbranched alkanes of at least 4 members (excludes halogenated alkanes) is 10. The summed E-state index contributed by atoms with van der Waals surface area (Å²) in [5, 5.41) is 16.2. The Morgan fingerprint density at radius 3 is 1.91 bits per heavy atom. The van der Waals surface area contributed by atoms with Crippen LogP contribution in [0.3, 0.4) is 0 Å². The zero-order valence-electron chi connectivity index (χ0n) is 14.9. The Kier molecular flexibility index (Phi) is 14.7. The van der Waals surface area contributed by atoms with Crippen molar-refractivity contribution < 1.29 is 9.90 Å². The second-order valence-electron chi connectivity index (χ2n) is 6.37. The maximum absolute atomic E-state index is 10.9. The summed E-state index contributed by atoms with van der Waals surface area (Å²) in [6, 6.07) is 0. The molecule has 0 aromatic carbocycles. The number of nitrogens with one attached hydrogen (secondary N) is 1. The van der Waals surface area contributed by atoms with E-state index >= 15 is 0 Å². The lowest BCUT2D eigenvalue weighted by Crippen LogP contribution is -2.29. The van der Waals surface area contributed by atoms with Gasteiger partial charge in [0, 0.05) is 0 Å². The van der Waals surface area contributed by atoms with Crippen molar-refractivity contribution in [1.29, 1.82) is 5.41 Å². The number of aliphatic carboxylic acids is 1. The summed E-state index contributed by atoms with van der Waals surface area (Å²) in [7, 11) is 0. The maximum Gasteiger partial charge on any atom is 0.314 e. The lowest BCUT2D eigenvalue weighted by Gasteiger charge is -2.09. The first-order valence-corrected chi connectivity index (χ1v) is 9.31.